The molecule has 1 aliphatic heterocycles. The molecule has 3 heteroatoms. The van der Waals surface area contributed by atoms with Gasteiger partial charge in [0.1, 0.15) is 0 Å². The van der Waals surface area contributed by atoms with Crippen LogP contribution in [0.15, 0.2) is 0 Å². The molecule has 0 aromatic rings. The second-order valence-electron chi connectivity index (χ2n) is 7.64. The minimum Gasteiger partial charge on any atom is -0.342 e. The lowest BCUT2D eigenvalue weighted by Gasteiger charge is -2.38. The van der Waals surface area contributed by atoms with Gasteiger partial charge in [0.05, 0.1) is 0 Å². The molecule has 1 rings (SSSR count). The van der Waals surface area contributed by atoms with Gasteiger partial charge in [-0.2, -0.15) is 0 Å². The standard InChI is InChI=1S/C17H34N2O/c1-7-9-18-15-8-10-19(12-13(15)2)16(20)11-14(3)17(4,5)6/h13-15,18H,7-12H2,1-6H3. The highest BCUT2D eigenvalue weighted by Gasteiger charge is 2.30. The third kappa shape index (κ3) is 5.08. The summed E-state index contributed by atoms with van der Waals surface area (Å²) in [5.74, 6) is 1.33. The van der Waals surface area contributed by atoms with E-state index in [1.54, 1.807) is 0 Å². The number of hydrogen-bond donors (Lipinski definition) is 1. The molecule has 0 spiro atoms. The SMILES string of the molecule is CCCNC1CCN(C(=O)CC(C)C(C)(C)C)CC1C. The molecule has 20 heavy (non-hydrogen) atoms. The van der Waals surface area contributed by atoms with Gasteiger partial charge < -0.3 is 10.2 Å². The molecule has 0 radical (unpaired) electrons. The lowest BCUT2D eigenvalue weighted by molar-refractivity contribution is -0.135. The van der Waals surface area contributed by atoms with Crippen LogP contribution < -0.4 is 5.32 Å². The molecular formula is C17H34N2O. The van der Waals surface area contributed by atoms with Crippen molar-refractivity contribution in [2.45, 2.75) is 66.8 Å². The van der Waals surface area contributed by atoms with E-state index >= 15 is 0 Å². The fourth-order valence-corrected chi connectivity index (χ4v) is 2.70. The predicted molar refractivity (Wildman–Crippen MR) is 85.7 cm³/mol. The molecule has 1 N–H and O–H groups in total. The molecule has 0 bridgehead atoms. The van der Waals surface area contributed by atoms with E-state index in [2.05, 4.69) is 51.8 Å². The van der Waals surface area contributed by atoms with Gasteiger partial charge in [0.25, 0.3) is 0 Å². The van der Waals surface area contributed by atoms with Gasteiger partial charge in [-0.25, -0.2) is 0 Å². The largest absolute Gasteiger partial charge is 0.342 e. The van der Waals surface area contributed by atoms with Crippen LogP contribution in [0.3, 0.4) is 0 Å². The quantitative estimate of drug-likeness (QED) is 0.839. The Bertz CT molecular complexity index is 309. The zero-order chi connectivity index (χ0) is 15.3. The maximum absolute atomic E-state index is 12.4. The summed E-state index contributed by atoms with van der Waals surface area (Å²) >= 11 is 0. The van der Waals surface area contributed by atoms with Crippen LogP contribution >= 0.6 is 0 Å². The van der Waals surface area contributed by atoms with Gasteiger partial charge in [-0.05, 0) is 36.6 Å². The van der Waals surface area contributed by atoms with Crippen molar-refractivity contribution in [1.82, 2.24) is 10.2 Å². The predicted octanol–water partition coefficient (Wildman–Crippen LogP) is 3.30. The Morgan fingerprint density at radius 1 is 1.40 bits per heavy atom. The van der Waals surface area contributed by atoms with E-state index in [1.807, 2.05) is 0 Å². The first-order chi connectivity index (χ1) is 9.25. The fraction of sp³-hybridized carbons (Fsp3) is 0.941. The highest BCUT2D eigenvalue weighted by atomic mass is 16.2. The summed E-state index contributed by atoms with van der Waals surface area (Å²) in [5.41, 5.74) is 0.211. The number of piperidine rings is 1. The van der Waals surface area contributed by atoms with Gasteiger partial charge in [0, 0.05) is 25.6 Å². The molecule has 1 saturated heterocycles. The number of nitrogens with one attached hydrogen (secondary N) is 1. The molecule has 1 aliphatic rings. The van der Waals surface area contributed by atoms with Gasteiger partial charge in [-0.3, -0.25) is 4.79 Å². The van der Waals surface area contributed by atoms with Crippen molar-refractivity contribution in [2.75, 3.05) is 19.6 Å². The summed E-state index contributed by atoms with van der Waals surface area (Å²) < 4.78 is 0. The third-order valence-electron chi connectivity index (χ3n) is 4.87. The van der Waals surface area contributed by atoms with E-state index in [9.17, 15) is 4.79 Å². The summed E-state index contributed by atoms with van der Waals surface area (Å²) in [5, 5.41) is 3.61. The number of rotatable bonds is 5. The highest BCUT2D eigenvalue weighted by Crippen LogP contribution is 2.29. The van der Waals surface area contributed by atoms with E-state index in [0.717, 1.165) is 26.1 Å². The lowest BCUT2D eigenvalue weighted by Crippen LogP contribution is -2.50. The summed E-state index contributed by atoms with van der Waals surface area (Å²) in [6.07, 6.45) is 2.95. The molecule has 118 valence electrons. The summed E-state index contributed by atoms with van der Waals surface area (Å²) in [7, 11) is 0. The maximum Gasteiger partial charge on any atom is 0.222 e. The highest BCUT2D eigenvalue weighted by molar-refractivity contribution is 5.76. The van der Waals surface area contributed by atoms with E-state index in [0.29, 0.717) is 30.2 Å². The number of amides is 1. The average Bonchev–Trinajstić information content (AvgIpc) is 2.36. The molecular weight excluding hydrogens is 248 g/mol. The van der Waals surface area contributed by atoms with E-state index in [-0.39, 0.29) is 5.41 Å². The number of carbonyl (C=O) groups is 1. The van der Waals surface area contributed by atoms with Gasteiger partial charge in [-0.1, -0.05) is 41.5 Å². The van der Waals surface area contributed by atoms with Crippen LogP contribution in [0.2, 0.25) is 0 Å². The van der Waals surface area contributed by atoms with E-state index in [4.69, 9.17) is 0 Å². The van der Waals surface area contributed by atoms with E-state index < -0.39 is 0 Å². The van der Waals surface area contributed by atoms with Crippen LogP contribution in [0, 0.1) is 17.3 Å². The first-order valence-electron chi connectivity index (χ1n) is 8.26. The molecule has 0 saturated carbocycles. The first kappa shape index (κ1) is 17.5. The van der Waals surface area contributed by atoms with Gasteiger partial charge in [0.2, 0.25) is 5.91 Å². The van der Waals surface area contributed by atoms with Crippen LogP contribution in [0.4, 0.5) is 0 Å². The first-order valence-corrected chi connectivity index (χ1v) is 8.26. The van der Waals surface area contributed by atoms with Crippen LogP contribution in [0.1, 0.15) is 60.8 Å². The zero-order valence-corrected chi connectivity index (χ0v) is 14.3. The molecule has 1 amide bonds. The topological polar surface area (TPSA) is 32.3 Å². The summed E-state index contributed by atoms with van der Waals surface area (Å²) in [6, 6.07) is 0.582. The third-order valence-corrected chi connectivity index (χ3v) is 4.87. The molecule has 3 unspecified atom stereocenters. The maximum atomic E-state index is 12.4. The average molecular weight is 282 g/mol. The van der Waals surface area contributed by atoms with E-state index in [1.165, 1.54) is 6.42 Å². The van der Waals surface area contributed by atoms with Crippen molar-refractivity contribution >= 4 is 5.91 Å². The van der Waals surface area contributed by atoms with Crippen molar-refractivity contribution in [3.8, 4) is 0 Å². The van der Waals surface area contributed by atoms with Crippen LogP contribution in [0.5, 0.6) is 0 Å². The monoisotopic (exact) mass is 282 g/mol. The van der Waals surface area contributed by atoms with Gasteiger partial charge >= 0.3 is 0 Å². The minimum absolute atomic E-state index is 0.211. The van der Waals surface area contributed by atoms with Gasteiger partial charge in [0.15, 0.2) is 0 Å². The van der Waals surface area contributed by atoms with Gasteiger partial charge in [-0.15, -0.1) is 0 Å². The summed E-state index contributed by atoms with van der Waals surface area (Å²) in [4.78, 5) is 14.5. The second kappa shape index (κ2) is 7.44. The Labute approximate surface area is 125 Å². The lowest BCUT2D eigenvalue weighted by atomic mass is 9.79. The van der Waals surface area contributed by atoms with Crippen molar-refractivity contribution in [3.05, 3.63) is 0 Å². The van der Waals surface area contributed by atoms with Crippen molar-refractivity contribution in [1.29, 1.82) is 0 Å². The molecule has 0 aliphatic carbocycles. The van der Waals surface area contributed by atoms with Crippen LogP contribution in [-0.4, -0.2) is 36.5 Å². The van der Waals surface area contributed by atoms with Crippen LogP contribution in [-0.2, 0) is 4.79 Å². The minimum atomic E-state index is 0.211. The van der Waals surface area contributed by atoms with Crippen molar-refractivity contribution in [3.63, 3.8) is 0 Å². The number of likely N-dealkylation sites (tertiary alicyclic amines) is 1. The second-order valence-corrected chi connectivity index (χ2v) is 7.64. The van der Waals surface area contributed by atoms with Crippen LogP contribution in [0.25, 0.3) is 0 Å². The fourth-order valence-electron chi connectivity index (χ4n) is 2.70. The Kier molecular flexibility index (Phi) is 6.50. The molecule has 1 fully saturated rings. The molecule has 1 heterocycles. The molecule has 3 nitrogen and oxygen atoms in total. The normalized spacial score (nSPS) is 25.6. The van der Waals surface area contributed by atoms with Crippen molar-refractivity contribution < 1.29 is 4.79 Å². The Morgan fingerprint density at radius 3 is 2.55 bits per heavy atom. The molecule has 3 atom stereocenters. The number of hydrogen-bond acceptors (Lipinski definition) is 2. The number of carbonyl (C=O) groups excluding carboxylic acids is 1. The van der Waals surface area contributed by atoms with Crippen molar-refractivity contribution in [2.24, 2.45) is 17.3 Å². The number of nitrogens with zero attached hydrogens (tertiary/aromatic N) is 1. The molecule has 0 aromatic heterocycles. The molecule has 0 aromatic carbocycles. The Hall–Kier alpha value is -0.570. The summed E-state index contributed by atoms with van der Waals surface area (Å²) in [6.45, 7) is 16.2. The Morgan fingerprint density at radius 2 is 2.05 bits per heavy atom. The smallest absolute Gasteiger partial charge is 0.222 e. The Balaban J connectivity index is 2.45. The zero-order valence-electron chi connectivity index (χ0n) is 14.3.